The van der Waals surface area contributed by atoms with Crippen LogP contribution in [0.1, 0.15) is 24.0 Å². The highest BCUT2D eigenvalue weighted by molar-refractivity contribution is 7.56. The summed E-state index contributed by atoms with van der Waals surface area (Å²) in [5.74, 6) is -120. The van der Waals surface area contributed by atoms with Gasteiger partial charge in [-0.15, -0.1) is 7.92 Å². The molecule has 35 heteroatoms. The van der Waals surface area contributed by atoms with Crippen LogP contribution in [0.4, 0.5) is 149 Å². The molecule has 1 aromatic rings. The first-order chi connectivity index (χ1) is 27.1. The van der Waals surface area contributed by atoms with E-state index in [9.17, 15) is 149 Å². The fourth-order valence-electron chi connectivity index (χ4n) is 4.64. The third-order valence-corrected chi connectivity index (χ3v) is 11.1. The van der Waals surface area contributed by atoms with Crippen LogP contribution in [-0.2, 0) is 6.16 Å². The Morgan fingerprint density at radius 1 is 0.333 bits per heavy atom. The van der Waals surface area contributed by atoms with Gasteiger partial charge in [0.15, 0.2) is 0 Å². The molecule has 0 unspecified atom stereocenters. The third kappa shape index (κ3) is 8.72. The fourth-order valence-corrected chi connectivity index (χ4v) is 7.09. The van der Waals surface area contributed by atoms with E-state index in [0.717, 1.165) is 25.1 Å². The Morgan fingerprint density at radius 2 is 0.571 bits per heavy atom. The minimum absolute atomic E-state index is 0.0254. The van der Waals surface area contributed by atoms with Crippen LogP contribution in [-0.4, -0.2) is 108 Å². The first kappa shape index (κ1) is 58.3. The summed E-state index contributed by atoms with van der Waals surface area (Å²) < 4.78 is 463. The molecule has 0 saturated heterocycles. The van der Waals surface area contributed by atoms with Crippen molar-refractivity contribution in [3.8, 4) is 0 Å². The van der Waals surface area contributed by atoms with Gasteiger partial charge in [0.1, 0.15) is 0 Å². The standard InChI is InChI=1S/C28H17F34P/c1-11-3-2-4-12(9-11)10-63(7-5-13(29,30)15(33,34)17(37,38)19(41,42)21(45,46)23(49,50)25(53,54)27(57,58)59)8-6-14(31,32)16(35,36)18(39,40)20(43,44)22(47,48)24(51,52)26(55,56)28(60,61)62/h2-4,9H,5-8,10H2,1H3. The Morgan fingerprint density at radius 3 is 0.810 bits per heavy atom. The number of halogens is 34. The molecule has 0 aliphatic carbocycles. The lowest BCUT2D eigenvalue weighted by atomic mass is 9.88. The first-order valence-electron chi connectivity index (χ1n) is 15.3. The molecule has 0 aromatic heterocycles. The second kappa shape index (κ2) is 16.3. The SMILES string of the molecule is Cc1cccc(CP(CCC(F)(F)C(F)(F)C(F)(F)C(F)(F)C(F)(F)C(F)(F)C(F)(F)C(F)(F)F)CCC(F)(F)C(F)(F)C(F)(F)C(F)(F)C(F)(F)C(F)(F)C(F)(F)C(F)(F)F)c1. The molecular weight excluding hydrogens is 1010 g/mol. The average molecular weight is 1030 g/mol. The van der Waals surface area contributed by atoms with Crippen molar-refractivity contribution in [2.24, 2.45) is 0 Å². The predicted octanol–water partition coefficient (Wildman–Crippen LogP) is 14.8. The summed E-state index contributed by atoms with van der Waals surface area (Å²) in [6.07, 6.45) is -29.4. The Hall–Kier alpha value is -2.73. The zero-order chi connectivity index (χ0) is 51.1. The second-order valence-electron chi connectivity index (χ2n) is 13.1. The molecule has 0 atom stereocenters. The zero-order valence-corrected chi connectivity index (χ0v) is 30.0. The number of benzene rings is 1. The smallest absolute Gasteiger partial charge is 0.200 e. The van der Waals surface area contributed by atoms with E-state index in [1.54, 1.807) is 0 Å². The van der Waals surface area contributed by atoms with Crippen molar-refractivity contribution >= 4 is 7.92 Å². The van der Waals surface area contributed by atoms with E-state index in [-0.39, 0.29) is 5.56 Å². The van der Waals surface area contributed by atoms with Gasteiger partial charge in [0.2, 0.25) is 0 Å². The van der Waals surface area contributed by atoms with E-state index in [1.807, 2.05) is 0 Å². The zero-order valence-electron chi connectivity index (χ0n) is 29.1. The monoisotopic (exact) mass is 1030 g/mol. The van der Waals surface area contributed by atoms with Gasteiger partial charge in [0, 0.05) is 12.8 Å². The normalized spacial score (nSPS) is 16.3. The fraction of sp³-hybridized carbons (Fsp3) is 0.786. The molecule has 0 aliphatic rings. The van der Waals surface area contributed by atoms with E-state index in [0.29, 0.717) is 6.07 Å². The Balaban J connectivity index is 3.75. The van der Waals surface area contributed by atoms with Crippen molar-refractivity contribution in [3.05, 3.63) is 35.4 Å². The van der Waals surface area contributed by atoms with E-state index in [4.69, 9.17) is 0 Å². The van der Waals surface area contributed by atoms with Crippen molar-refractivity contribution in [2.75, 3.05) is 12.3 Å². The molecule has 0 saturated carbocycles. The largest absolute Gasteiger partial charge is 0.460 e. The Labute approximate surface area is 327 Å². The minimum Gasteiger partial charge on any atom is -0.200 e. The van der Waals surface area contributed by atoms with Crippen molar-refractivity contribution in [2.45, 2.75) is 121 Å². The first-order valence-corrected chi connectivity index (χ1v) is 17.2. The van der Waals surface area contributed by atoms with E-state index >= 15 is 0 Å². The molecule has 0 nitrogen and oxygen atoms in total. The van der Waals surface area contributed by atoms with Gasteiger partial charge in [-0.05, 0) is 31.0 Å². The van der Waals surface area contributed by atoms with Crippen molar-refractivity contribution in [3.63, 3.8) is 0 Å². The number of rotatable bonds is 20. The average Bonchev–Trinajstić information content (AvgIpc) is 3.07. The highest BCUT2D eigenvalue weighted by Gasteiger charge is 2.97. The van der Waals surface area contributed by atoms with Crippen LogP contribution in [0.5, 0.6) is 0 Å². The second-order valence-corrected chi connectivity index (χ2v) is 15.6. The van der Waals surface area contributed by atoms with Crippen molar-refractivity contribution in [1.82, 2.24) is 0 Å². The summed E-state index contributed by atoms with van der Waals surface area (Å²) in [6.45, 7) is 1.08. The summed E-state index contributed by atoms with van der Waals surface area (Å²) >= 11 is 0. The summed E-state index contributed by atoms with van der Waals surface area (Å²) in [7, 11) is -3.72. The van der Waals surface area contributed by atoms with Gasteiger partial charge >= 0.3 is 95.3 Å². The van der Waals surface area contributed by atoms with Gasteiger partial charge in [-0.1, -0.05) is 29.8 Å². The lowest BCUT2D eigenvalue weighted by Crippen LogP contribution is -2.74. The number of hydrogen-bond donors (Lipinski definition) is 0. The molecule has 372 valence electrons. The van der Waals surface area contributed by atoms with E-state index in [2.05, 4.69) is 0 Å². The van der Waals surface area contributed by atoms with Crippen LogP contribution in [0.3, 0.4) is 0 Å². The van der Waals surface area contributed by atoms with Crippen LogP contribution in [0.25, 0.3) is 0 Å². The topological polar surface area (TPSA) is 0 Å². The van der Waals surface area contributed by atoms with Crippen LogP contribution in [0, 0.1) is 6.92 Å². The molecule has 1 rings (SSSR count). The maximum absolute atomic E-state index is 14.6. The molecule has 0 aliphatic heterocycles. The summed E-state index contributed by atoms with van der Waals surface area (Å²) in [6, 6.07) is 3.44. The molecule has 0 bridgehead atoms. The van der Waals surface area contributed by atoms with Crippen LogP contribution >= 0.6 is 7.92 Å². The summed E-state index contributed by atoms with van der Waals surface area (Å²) in [4.78, 5) is 0. The Kier molecular flexibility index (Phi) is 15.0. The van der Waals surface area contributed by atoms with Crippen LogP contribution < -0.4 is 0 Å². The minimum atomic E-state index is -9.10. The van der Waals surface area contributed by atoms with Crippen LogP contribution in [0.15, 0.2) is 24.3 Å². The third-order valence-electron chi connectivity index (χ3n) is 8.55. The van der Waals surface area contributed by atoms with Gasteiger partial charge in [-0.3, -0.25) is 0 Å². The molecule has 0 amide bonds. The Bertz CT molecular complexity index is 1630. The van der Waals surface area contributed by atoms with Crippen molar-refractivity contribution in [1.29, 1.82) is 0 Å². The molecule has 0 spiro atoms. The summed E-state index contributed by atoms with van der Waals surface area (Å²) in [5, 5.41) is 0. The quantitative estimate of drug-likeness (QED) is 0.0902. The molecule has 63 heavy (non-hydrogen) atoms. The lowest BCUT2D eigenvalue weighted by molar-refractivity contribution is -0.461. The van der Waals surface area contributed by atoms with Gasteiger partial charge in [-0.25, -0.2) is 0 Å². The van der Waals surface area contributed by atoms with Gasteiger partial charge in [-0.2, -0.15) is 149 Å². The highest BCUT2D eigenvalue weighted by atomic mass is 31.1. The van der Waals surface area contributed by atoms with Crippen LogP contribution in [0.2, 0.25) is 0 Å². The summed E-state index contributed by atoms with van der Waals surface area (Å²) in [5.41, 5.74) is -0.581. The molecule has 0 radical (unpaired) electrons. The number of aryl methyl sites for hydroxylation is 1. The maximum atomic E-state index is 14.6. The lowest BCUT2D eigenvalue weighted by Gasteiger charge is -2.43. The number of hydrogen-bond acceptors (Lipinski definition) is 0. The molecule has 1 aromatic carbocycles. The predicted molar refractivity (Wildman–Crippen MR) is 142 cm³/mol. The molecule has 0 heterocycles. The molecular formula is C28H17F34P. The molecule has 0 N–H and O–H groups in total. The van der Waals surface area contributed by atoms with Crippen molar-refractivity contribution < 1.29 is 149 Å². The van der Waals surface area contributed by atoms with Gasteiger partial charge in [0.25, 0.3) is 0 Å². The maximum Gasteiger partial charge on any atom is 0.460 e. The number of alkyl halides is 34. The van der Waals surface area contributed by atoms with E-state index < -0.39 is 140 Å². The molecule has 0 fully saturated rings. The van der Waals surface area contributed by atoms with Gasteiger partial charge in [0.05, 0.1) is 0 Å². The van der Waals surface area contributed by atoms with E-state index in [1.165, 1.54) is 0 Å². The highest BCUT2D eigenvalue weighted by Crippen LogP contribution is 2.67. The van der Waals surface area contributed by atoms with Gasteiger partial charge < -0.3 is 0 Å².